The lowest BCUT2D eigenvalue weighted by atomic mass is 9.93. The lowest BCUT2D eigenvalue weighted by Gasteiger charge is -2.28. The third-order valence-corrected chi connectivity index (χ3v) is 6.34. The number of sulfonamides is 1. The molecule has 0 aliphatic heterocycles. The van der Waals surface area contributed by atoms with E-state index in [1.807, 2.05) is 18.2 Å². The van der Waals surface area contributed by atoms with Crippen LogP contribution in [0.4, 0.5) is 5.69 Å². The van der Waals surface area contributed by atoms with Crippen molar-refractivity contribution in [1.82, 2.24) is 4.72 Å². The van der Waals surface area contributed by atoms with E-state index in [2.05, 4.69) is 4.72 Å². The molecule has 1 aromatic rings. The van der Waals surface area contributed by atoms with Crippen molar-refractivity contribution in [3.63, 3.8) is 0 Å². The van der Waals surface area contributed by atoms with Crippen molar-refractivity contribution < 1.29 is 13.5 Å². The minimum Gasteiger partial charge on any atom is -0.398 e. The summed E-state index contributed by atoms with van der Waals surface area (Å²) in [6, 6.07) is 7.07. The second-order valence-electron chi connectivity index (χ2n) is 5.28. The van der Waals surface area contributed by atoms with Crippen LogP contribution in [0.25, 0.3) is 0 Å². The second kappa shape index (κ2) is 7.49. The number of para-hydroxylation sites is 1. The van der Waals surface area contributed by atoms with E-state index < -0.39 is 16.1 Å². The number of nitrogens with two attached hydrogens (primary N) is 1. The predicted molar refractivity (Wildman–Crippen MR) is 86.8 cm³/mol. The SMILES string of the molecule is Nc1ccccc1SCCS(=O)(=O)N[C@@H]1CCCC[C@H]1O. The second-order valence-corrected chi connectivity index (χ2v) is 8.29. The molecule has 1 fully saturated rings. The van der Waals surface area contributed by atoms with Crippen molar-refractivity contribution >= 4 is 27.5 Å². The number of nitrogen functional groups attached to an aromatic ring is 1. The number of aliphatic hydroxyl groups excluding tert-OH is 1. The quantitative estimate of drug-likeness (QED) is 0.544. The molecule has 0 radical (unpaired) electrons. The number of thioether (sulfide) groups is 1. The molecule has 2 atom stereocenters. The van der Waals surface area contributed by atoms with Gasteiger partial charge in [0.05, 0.1) is 11.9 Å². The van der Waals surface area contributed by atoms with Crippen LogP contribution in [0.3, 0.4) is 0 Å². The van der Waals surface area contributed by atoms with Crippen LogP contribution in [0.15, 0.2) is 29.2 Å². The number of anilines is 1. The third-order valence-electron chi connectivity index (χ3n) is 3.59. The number of hydrogen-bond acceptors (Lipinski definition) is 5. The zero-order valence-corrected chi connectivity index (χ0v) is 13.5. The average Bonchev–Trinajstić information content (AvgIpc) is 2.43. The minimum atomic E-state index is -3.37. The summed E-state index contributed by atoms with van der Waals surface area (Å²) in [6.07, 6.45) is 2.73. The first kappa shape index (κ1) is 16.6. The van der Waals surface area contributed by atoms with Gasteiger partial charge in [-0.3, -0.25) is 0 Å². The molecule has 1 aliphatic rings. The summed E-state index contributed by atoms with van der Waals surface area (Å²) in [5.74, 6) is 0.460. The maximum atomic E-state index is 12.1. The summed E-state index contributed by atoms with van der Waals surface area (Å²) in [6.45, 7) is 0. The molecule has 1 aliphatic carbocycles. The lowest BCUT2D eigenvalue weighted by Crippen LogP contribution is -2.46. The summed E-state index contributed by atoms with van der Waals surface area (Å²) < 4.78 is 26.7. The van der Waals surface area contributed by atoms with Gasteiger partial charge in [0.1, 0.15) is 0 Å². The van der Waals surface area contributed by atoms with Crippen LogP contribution in [0.1, 0.15) is 25.7 Å². The smallest absolute Gasteiger partial charge is 0.212 e. The first-order chi connectivity index (χ1) is 9.98. The standard InChI is InChI=1S/C14H22N2O3S2/c15-11-5-1-4-8-14(11)20-9-10-21(18,19)16-12-6-2-3-7-13(12)17/h1,4-5,8,12-13,16-17H,2-3,6-7,9-10,15H2/t12-,13-/m1/s1. The van der Waals surface area contributed by atoms with Gasteiger partial charge in [-0.25, -0.2) is 13.1 Å². The molecular formula is C14H22N2O3S2. The fourth-order valence-corrected chi connectivity index (χ4v) is 5.11. The van der Waals surface area contributed by atoms with Gasteiger partial charge in [0.2, 0.25) is 10.0 Å². The largest absolute Gasteiger partial charge is 0.398 e. The number of benzene rings is 1. The predicted octanol–water partition coefficient (Wildman–Crippen LogP) is 1.58. The molecule has 0 heterocycles. The van der Waals surface area contributed by atoms with Crippen LogP contribution in [0, 0.1) is 0 Å². The molecule has 118 valence electrons. The molecule has 1 aromatic carbocycles. The Bertz CT molecular complexity index is 563. The van der Waals surface area contributed by atoms with Gasteiger partial charge in [0, 0.05) is 22.4 Å². The van der Waals surface area contributed by atoms with Crippen LogP contribution in [0.2, 0.25) is 0 Å². The van der Waals surface area contributed by atoms with Gasteiger partial charge >= 0.3 is 0 Å². The molecule has 0 unspecified atom stereocenters. The topological polar surface area (TPSA) is 92.4 Å². The van der Waals surface area contributed by atoms with Crippen molar-refractivity contribution in [2.24, 2.45) is 0 Å². The van der Waals surface area contributed by atoms with Crippen molar-refractivity contribution in [2.75, 3.05) is 17.2 Å². The van der Waals surface area contributed by atoms with E-state index >= 15 is 0 Å². The molecule has 0 amide bonds. The Morgan fingerprint density at radius 3 is 2.71 bits per heavy atom. The molecular weight excluding hydrogens is 308 g/mol. The van der Waals surface area contributed by atoms with E-state index in [0.29, 0.717) is 24.3 Å². The van der Waals surface area contributed by atoms with Crippen molar-refractivity contribution in [1.29, 1.82) is 0 Å². The summed E-state index contributed by atoms with van der Waals surface area (Å²) in [5.41, 5.74) is 6.48. The van der Waals surface area contributed by atoms with Gasteiger partial charge in [-0.05, 0) is 25.0 Å². The molecule has 0 aromatic heterocycles. The van der Waals surface area contributed by atoms with E-state index in [9.17, 15) is 13.5 Å². The molecule has 5 nitrogen and oxygen atoms in total. The molecule has 0 bridgehead atoms. The Morgan fingerprint density at radius 2 is 2.00 bits per heavy atom. The van der Waals surface area contributed by atoms with Gasteiger partial charge in [0.25, 0.3) is 0 Å². The Kier molecular flexibility index (Phi) is 5.92. The number of nitrogens with one attached hydrogen (secondary N) is 1. The summed E-state index contributed by atoms with van der Waals surface area (Å²) >= 11 is 1.43. The third kappa shape index (κ3) is 5.18. The van der Waals surface area contributed by atoms with Gasteiger partial charge in [0.15, 0.2) is 0 Å². The van der Waals surface area contributed by atoms with Gasteiger partial charge in [-0.1, -0.05) is 25.0 Å². The highest BCUT2D eigenvalue weighted by molar-refractivity contribution is 8.00. The van der Waals surface area contributed by atoms with E-state index in [1.54, 1.807) is 6.07 Å². The maximum Gasteiger partial charge on any atom is 0.212 e. The highest BCUT2D eigenvalue weighted by Crippen LogP contribution is 2.24. The highest BCUT2D eigenvalue weighted by Gasteiger charge is 2.26. The Balaban J connectivity index is 1.82. The Morgan fingerprint density at radius 1 is 1.29 bits per heavy atom. The first-order valence-corrected chi connectivity index (χ1v) is 9.77. The van der Waals surface area contributed by atoms with Crippen LogP contribution in [-0.2, 0) is 10.0 Å². The summed E-state index contributed by atoms with van der Waals surface area (Å²) in [4.78, 5) is 0.894. The Hall–Kier alpha value is -0.760. The van der Waals surface area contributed by atoms with E-state index in [0.717, 1.165) is 17.7 Å². The van der Waals surface area contributed by atoms with E-state index in [4.69, 9.17) is 5.73 Å². The molecule has 7 heteroatoms. The average molecular weight is 330 g/mol. The van der Waals surface area contributed by atoms with E-state index in [1.165, 1.54) is 11.8 Å². The van der Waals surface area contributed by atoms with Crippen LogP contribution < -0.4 is 10.5 Å². The lowest BCUT2D eigenvalue weighted by molar-refractivity contribution is 0.101. The van der Waals surface area contributed by atoms with Crippen LogP contribution >= 0.6 is 11.8 Å². The summed E-state index contributed by atoms with van der Waals surface area (Å²) in [5, 5.41) is 9.82. The molecule has 0 spiro atoms. The normalized spacial score (nSPS) is 23.1. The zero-order chi connectivity index (χ0) is 15.3. The Labute approximate surface area is 130 Å². The first-order valence-electron chi connectivity index (χ1n) is 7.13. The zero-order valence-electron chi connectivity index (χ0n) is 11.9. The minimum absolute atomic E-state index is 0.0230. The molecule has 1 saturated carbocycles. The van der Waals surface area contributed by atoms with Gasteiger partial charge in [-0.15, -0.1) is 11.8 Å². The maximum absolute atomic E-state index is 12.1. The van der Waals surface area contributed by atoms with Crippen LogP contribution in [0.5, 0.6) is 0 Å². The summed E-state index contributed by atoms with van der Waals surface area (Å²) in [7, 11) is -3.37. The fourth-order valence-electron chi connectivity index (χ4n) is 2.41. The van der Waals surface area contributed by atoms with Crippen LogP contribution in [-0.4, -0.2) is 37.2 Å². The highest BCUT2D eigenvalue weighted by atomic mass is 32.2. The number of hydrogen-bond donors (Lipinski definition) is 3. The van der Waals surface area contributed by atoms with Crippen molar-refractivity contribution in [3.8, 4) is 0 Å². The number of rotatable bonds is 6. The van der Waals surface area contributed by atoms with Gasteiger partial charge in [-0.2, -0.15) is 0 Å². The molecule has 21 heavy (non-hydrogen) atoms. The van der Waals surface area contributed by atoms with Crippen molar-refractivity contribution in [2.45, 2.75) is 42.7 Å². The fraction of sp³-hybridized carbons (Fsp3) is 0.571. The molecule has 4 N–H and O–H groups in total. The number of aliphatic hydroxyl groups is 1. The molecule has 2 rings (SSSR count). The van der Waals surface area contributed by atoms with Crippen molar-refractivity contribution in [3.05, 3.63) is 24.3 Å². The van der Waals surface area contributed by atoms with Gasteiger partial charge < -0.3 is 10.8 Å². The molecule has 0 saturated heterocycles. The van der Waals surface area contributed by atoms with E-state index in [-0.39, 0.29) is 11.8 Å². The monoisotopic (exact) mass is 330 g/mol.